The number of carbonyl (C=O) groups excluding carboxylic acids is 1. The summed E-state index contributed by atoms with van der Waals surface area (Å²) in [5.74, 6) is -0.969. The molecule has 0 bridgehead atoms. The van der Waals surface area contributed by atoms with E-state index in [9.17, 15) is 13.6 Å². The Kier molecular flexibility index (Phi) is 4.22. The molecule has 0 saturated carbocycles. The van der Waals surface area contributed by atoms with Crippen LogP contribution < -0.4 is 0 Å². The van der Waals surface area contributed by atoms with Crippen LogP contribution in [0.3, 0.4) is 0 Å². The summed E-state index contributed by atoms with van der Waals surface area (Å²) in [5, 5.41) is 4.04. The molecule has 0 spiro atoms. The highest BCUT2D eigenvalue weighted by Crippen LogP contribution is 2.11. The van der Waals surface area contributed by atoms with E-state index in [1.165, 1.54) is 6.33 Å². The van der Waals surface area contributed by atoms with Gasteiger partial charge in [-0.05, 0) is 31.5 Å². The van der Waals surface area contributed by atoms with Gasteiger partial charge < -0.3 is 0 Å². The zero-order chi connectivity index (χ0) is 14.7. The highest BCUT2D eigenvalue weighted by atomic mass is 19.1. The zero-order valence-corrected chi connectivity index (χ0v) is 11.3. The van der Waals surface area contributed by atoms with E-state index < -0.39 is 11.6 Å². The van der Waals surface area contributed by atoms with E-state index in [0.717, 1.165) is 18.2 Å². The van der Waals surface area contributed by atoms with Gasteiger partial charge in [0.05, 0.1) is 6.42 Å². The van der Waals surface area contributed by atoms with Crippen LogP contribution in [0.25, 0.3) is 0 Å². The van der Waals surface area contributed by atoms with Crippen LogP contribution in [0, 0.1) is 11.6 Å². The molecule has 106 valence electrons. The number of hydrogen-bond donors (Lipinski definition) is 0. The first-order chi connectivity index (χ1) is 9.45. The lowest BCUT2D eigenvalue weighted by Crippen LogP contribution is -2.14. The predicted octanol–water partition coefficient (Wildman–Crippen LogP) is 2.49. The molecular formula is C14H15F2N3O. The maximum atomic E-state index is 13.0. The summed E-state index contributed by atoms with van der Waals surface area (Å²) in [5.41, 5.74) is 0.322. The second kappa shape index (κ2) is 5.90. The summed E-state index contributed by atoms with van der Waals surface area (Å²) in [6, 6.07) is 3.21. The molecule has 4 nitrogen and oxygen atoms in total. The molecule has 0 N–H and O–H groups in total. The van der Waals surface area contributed by atoms with Crippen molar-refractivity contribution in [2.24, 2.45) is 0 Å². The molecular weight excluding hydrogens is 264 g/mol. The molecule has 0 atom stereocenters. The van der Waals surface area contributed by atoms with Crippen molar-refractivity contribution in [3.63, 3.8) is 0 Å². The third-order valence-corrected chi connectivity index (χ3v) is 2.82. The largest absolute Gasteiger partial charge is 0.299 e. The van der Waals surface area contributed by atoms with Crippen LogP contribution in [0.15, 0.2) is 24.5 Å². The summed E-state index contributed by atoms with van der Waals surface area (Å²) in [7, 11) is 0. The summed E-state index contributed by atoms with van der Waals surface area (Å²) in [6.07, 6.45) is 1.46. The first kappa shape index (κ1) is 14.3. The minimum absolute atomic E-state index is 0.0281. The Hall–Kier alpha value is -2.11. The van der Waals surface area contributed by atoms with Crippen molar-refractivity contribution in [3.8, 4) is 0 Å². The molecule has 6 heteroatoms. The molecule has 0 aliphatic heterocycles. The van der Waals surface area contributed by atoms with Gasteiger partial charge in [-0.15, -0.1) is 0 Å². The van der Waals surface area contributed by atoms with Crippen molar-refractivity contribution < 1.29 is 13.6 Å². The summed E-state index contributed by atoms with van der Waals surface area (Å²) in [4.78, 5) is 16.0. The monoisotopic (exact) mass is 279 g/mol. The van der Waals surface area contributed by atoms with E-state index in [1.807, 2.05) is 13.8 Å². The highest BCUT2D eigenvalue weighted by molar-refractivity contribution is 5.82. The van der Waals surface area contributed by atoms with Gasteiger partial charge in [-0.25, -0.2) is 18.4 Å². The number of hydrogen-bond acceptors (Lipinski definition) is 3. The molecule has 0 amide bonds. The summed E-state index contributed by atoms with van der Waals surface area (Å²) >= 11 is 0. The maximum Gasteiger partial charge on any atom is 0.144 e. The van der Waals surface area contributed by atoms with Crippen LogP contribution in [0.4, 0.5) is 8.78 Å². The Labute approximate surface area is 115 Å². The van der Waals surface area contributed by atoms with E-state index in [4.69, 9.17) is 0 Å². The van der Waals surface area contributed by atoms with Gasteiger partial charge in [-0.1, -0.05) is 0 Å². The minimum atomic E-state index is -0.682. The van der Waals surface area contributed by atoms with Gasteiger partial charge in [0.2, 0.25) is 0 Å². The van der Waals surface area contributed by atoms with Crippen molar-refractivity contribution in [1.29, 1.82) is 0 Å². The van der Waals surface area contributed by atoms with Gasteiger partial charge in [0, 0.05) is 18.5 Å². The first-order valence-corrected chi connectivity index (χ1v) is 6.30. The van der Waals surface area contributed by atoms with Gasteiger partial charge in [-0.2, -0.15) is 5.10 Å². The third kappa shape index (κ3) is 3.46. The number of halogens is 2. The lowest BCUT2D eigenvalue weighted by molar-refractivity contribution is -0.117. The van der Waals surface area contributed by atoms with Gasteiger partial charge in [0.1, 0.15) is 29.6 Å². The highest BCUT2D eigenvalue weighted by Gasteiger charge is 2.13. The molecule has 2 rings (SSSR count). The van der Waals surface area contributed by atoms with Gasteiger partial charge in [0.25, 0.3) is 0 Å². The van der Waals surface area contributed by atoms with Gasteiger partial charge in [-0.3, -0.25) is 4.79 Å². The van der Waals surface area contributed by atoms with Gasteiger partial charge in [0.15, 0.2) is 0 Å². The molecule has 0 aliphatic rings. The standard InChI is InChI=1S/C14H15F2N3O/c1-9(2)19-14(17-8-18-19)7-13(20)5-10-3-11(15)6-12(16)4-10/h3-4,6,8-9H,5,7H2,1-2H3. The summed E-state index contributed by atoms with van der Waals surface area (Å²) < 4.78 is 27.8. The second-order valence-corrected chi connectivity index (χ2v) is 4.88. The van der Waals surface area contributed by atoms with Crippen molar-refractivity contribution in [1.82, 2.24) is 14.8 Å². The van der Waals surface area contributed by atoms with E-state index in [2.05, 4.69) is 10.1 Å². The van der Waals surface area contributed by atoms with Gasteiger partial charge >= 0.3 is 0 Å². The molecule has 20 heavy (non-hydrogen) atoms. The van der Waals surface area contributed by atoms with E-state index in [0.29, 0.717) is 11.4 Å². The van der Waals surface area contributed by atoms with Crippen LogP contribution in [0.1, 0.15) is 31.3 Å². The number of carbonyl (C=O) groups is 1. The average Bonchev–Trinajstić information content (AvgIpc) is 2.75. The fraction of sp³-hybridized carbons (Fsp3) is 0.357. The number of aromatic nitrogens is 3. The SMILES string of the molecule is CC(C)n1ncnc1CC(=O)Cc1cc(F)cc(F)c1. The Bertz CT molecular complexity index is 602. The Morgan fingerprint density at radius 1 is 1.20 bits per heavy atom. The molecule has 0 saturated heterocycles. The van der Waals surface area contributed by atoms with E-state index >= 15 is 0 Å². The first-order valence-electron chi connectivity index (χ1n) is 6.30. The molecule has 0 radical (unpaired) electrons. The Morgan fingerprint density at radius 2 is 1.85 bits per heavy atom. The molecule has 0 fully saturated rings. The van der Waals surface area contributed by atoms with Crippen LogP contribution in [0.2, 0.25) is 0 Å². The smallest absolute Gasteiger partial charge is 0.144 e. The predicted molar refractivity (Wildman–Crippen MR) is 69.2 cm³/mol. The van der Waals surface area contributed by atoms with E-state index in [-0.39, 0.29) is 24.7 Å². The Morgan fingerprint density at radius 3 is 2.45 bits per heavy atom. The quantitative estimate of drug-likeness (QED) is 0.844. The summed E-state index contributed by atoms with van der Waals surface area (Å²) in [6.45, 7) is 3.87. The van der Waals surface area contributed by atoms with Crippen molar-refractivity contribution in [2.45, 2.75) is 32.7 Å². The molecule has 1 aromatic carbocycles. The lowest BCUT2D eigenvalue weighted by atomic mass is 10.1. The number of ketones is 1. The molecule has 0 unspecified atom stereocenters. The molecule has 0 aliphatic carbocycles. The number of benzene rings is 1. The van der Waals surface area contributed by atoms with Crippen molar-refractivity contribution in [2.75, 3.05) is 0 Å². The topological polar surface area (TPSA) is 47.8 Å². The average molecular weight is 279 g/mol. The molecule has 1 aromatic heterocycles. The van der Waals surface area contributed by atoms with Crippen LogP contribution in [-0.4, -0.2) is 20.5 Å². The van der Waals surface area contributed by atoms with Crippen molar-refractivity contribution in [3.05, 3.63) is 47.5 Å². The van der Waals surface area contributed by atoms with Crippen LogP contribution in [0.5, 0.6) is 0 Å². The zero-order valence-electron chi connectivity index (χ0n) is 11.3. The number of rotatable bonds is 5. The molecule has 2 aromatic rings. The minimum Gasteiger partial charge on any atom is -0.299 e. The fourth-order valence-electron chi connectivity index (χ4n) is 2.01. The van der Waals surface area contributed by atoms with Crippen LogP contribution >= 0.6 is 0 Å². The number of Topliss-reactive ketones (excluding diaryl/α,β-unsaturated/α-hetero) is 1. The lowest BCUT2D eigenvalue weighted by Gasteiger charge is -2.08. The maximum absolute atomic E-state index is 13.0. The molecule has 1 heterocycles. The normalized spacial score (nSPS) is 11.1. The second-order valence-electron chi connectivity index (χ2n) is 4.88. The van der Waals surface area contributed by atoms with Crippen molar-refractivity contribution >= 4 is 5.78 Å². The fourth-order valence-corrected chi connectivity index (χ4v) is 2.01. The Balaban J connectivity index is 2.07. The third-order valence-electron chi connectivity index (χ3n) is 2.82. The van der Waals surface area contributed by atoms with Crippen LogP contribution in [-0.2, 0) is 17.6 Å². The number of nitrogens with zero attached hydrogens (tertiary/aromatic N) is 3. The van der Waals surface area contributed by atoms with E-state index in [1.54, 1.807) is 4.68 Å².